The van der Waals surface area contributed by atoms with Gasteiger partial charge in [-0.25, -0.2) is 4.79 Å². The Kier molecular flexibility index (Phi) is 5.78. The van der Waals surface area contributed by atoms with Crippen LogP contribution in [0.25, 0.3) is 0 Å². The second-order valence-corrected chi connectivity index (χ2v) is 4.73. The molecule has 104 valence electrons. The highest BCUT2D eigenvalue weighted by atomic mass is 79.9. The molecule has 1 aromatic carbocycles. The lowest BCUT2D eigenvalue weighted by atomic mass is 10.1. The molecule has 6 nitrogen and oxygen atoms in total. The van der Waals surface area contributed by atoms with E-state index in [-0.39, 0.29) is 0 Å². The van der Waals surface area contributed by atoms with E-state index in [1.165, 1.54) is 13.2 Å². The average molecular weight is 331 g/mol. The molecule has 1 amide bonds. The zero-order valence-corrected chi connectivity index (χ0v) is 11.9. The summed E-state index contributed by atoms with van der Waals surface area (Å²) in [5, 5.41) is 12.0. The van der Waals surface area contributed by atoms with Crippen molar-refractivity contribution >= 4 is 33.5 Å². The molecule has 0 aliphatic heterocycles. The number of methoxy groups -OCH3 is 1. The maximum Gasteiger partial charge on any atom is 0.326 e. The smallest absolute Gasteiger partial charge is 0.326 e. The van der Waals surface area contributed by atoms with Gasteiger partial charge in [-0.15, -0.1) is 0 Å². The molecule has 0 aromatic heterocycles. The van der Waals surface area contributed by atoms with E-state index in [0.29, 0.717) is 28.8 Å². The number of hydrogen-bond acceptors (Lipinski definition) is 4. The van der Waals surface area contributed by atoms with Crippen molar-refractivity contribution in [1.29, 1.82) is 0 Å². The van der Waals surface area contributed by atoms with Crippen LogP contribution in [0.15, 0.2) is 22.7 Å². The number of nitrogens with two attached hydrogens (primary N) is 1. The number of amides is 1. The van der Waals surface area contributed by atoms with Gasteiger partial charge in [-0.1, -0.05) is 0 Å². The highest BCUT2D eigenvalue weighted by molar-refractivity contribution is 9.10. The molecule has 0 bridgehead atoms. The average Bonchev–Trinajstić information content (AvgIpc) is 2.35. The highest BCUT2D eigenvalue weighted by Gasteiger charge is 2.18. The maximum atomic E-state index is 11.1. The Morgan fingerprint density at radius 1 is 1.53 bits per heavy atom. The molecule has 1 rings (SSSR count). The first-order valence-electron chi connectivity index (χ1n) is 5.53. The molecule has 0 heterocycles. The lowest BCUT2D eigenvalue weighted by molar-refractivity contribution is -0.138. The minimum absolute atomic E-state index is 0.329. The molecule has 0 fully saturated rings. The van der Waals surface area contributed by atoms with Gasteiger partial charge in [-0.3, -0.25) is 4.79 Å². The fraction of sp³-hybridized carbons (Fsp3) is 0.333. The normalized spacial score (nSPS) is 11.9. The Hall–Kier alpha value is -1.60. The summed E-state index contributed by atoms with van der Waals surface area (Å²) >= 11 is 3.27. The molecule has 0 aliphatic carbocycles. The third kappa shape index (κ3) is 4.53. The third-order valence-electron chi connectivity index (χ3n) is 2.49. The van der Waals surface area contributed by atoms with Crippen molar-refractivity contribution < 1.29 is 19.4 Å². The summed E-state index contributed by atoms with van der Waals surface area (Å²) in [5.74, 6) is -1.51. The first kappa shape index (κ1) is 15.5. The minimum Gasteiger partial charge on any atom is -0.480 e. The quantitative estimate of drug-likeness (QED) is 0.702. The van der Waals surface area contributed by atoms with E-state index < -0.39 is 17.9 Å². The summed E-state index contributed by atoms with van der Waals surface area (Å²) in [6.45, 7) is 0.334. The van der Waals surface area contributed by atoms with E-state index in [4.69, 9.17) is 15.6 Å². The van der Waals surface area contributed by atoms with E-state index in [0.717, 1.165) is 0 Å². The standard InChI is InChI=1S/C12H15BrN2O4/c1-19-5-4-10(12(17)18)15-9-3-2-7(11(14)16)6-8(9)13/h2-3,6,10,15H,4-5H2,1H3,(H2,14,16)(H,17,18). The minimum atomic E-state index is -0.970. The second kappa shape index (κ2) is 7.10. The number of ether oxygens (including phenoxy) is 1. The van der Waals surface area contributed by atoms with E-state index in [1.54, 1.807) is 12.1 Å². The van der Waals surface area contributed by atoms with Crippen molar-refractivity contribution in [1.82, 2.24) is 0 Å². The van der Waals surface area contributed by atoms with E-state index in [2.05, 4.69) is 21.2 Å². The fourth-order valence-corrected chi connectivity index (χ4v) is 1.96. The van der Waals surface area contributed by atoms with Crippen molar-refractivity contribution in [2.24, 2.45) is 5.73 Å². The molecule has 4 N–H and O–H groups in total. The number of benzene rings is 1. The van der Waals surface area contributed by atoms with Gasteiger partial charge in [-0.2, -0.15) is 0 Å². The Morgan fingerprint density at radius 3 is 2.68 bits per heavy atom. The molecule has 1 atom stereocenters. The Morgan fingerprint density at radius 2 is 2.21 bits per heavy atom. The summed E-state index contributed by atoms with van der Waals surface area (Å²) in [4.78, 5) is 22.1. The summed E-state index contributed by atoms with van der Waals surface area (Å²) in [6.07, 6.45) is 0.329. The van der Waals surface area contributed by atoms with Crippen LogP contribution in [0.4, 0.5) is 5.69 Å². The first-order chi connectivity index (χ1) is 8.95. The van der Waals surface area contributed by atoms with Crippen LogP contribution >= 0.6 is 15.9 Å². The number of hydrogen-bond donors (Lipinski definition) is 3. The summed E-state index contributed by atoms with van der Waals surface area (Å²) < 4.78 is 5.44. The van der Waals surface area contributed by atoms with E-state index >= 15 is 0 Å². The molecule has 0 spiro atoms. The first-order valence-corrected chi connectivity index (χ1v) is 6.32. The SMILES string of the molecule is COCCC(Nc1ccc(C(N)=O)cc1Br)C(=O)O. The highest BCUT2D eigenvalue weighted by Crippen LogP contribution is 2.24. The van der Waals surface area contributed by atoms with Gasteiger partial charge in [0.1, 0.15) is 6.04 Å². The number of rotatable bonds is 7. The number of nitrogens with one attached hydrogen (secondary N) is 1. The molecule has 0 radical (unpaired) electrons. The van der Waals surface area contributed by atoms with Crippen LogP contribution in [-0.2, 0) is 9.53 Å². The number of primary amides is 1. The van der Waals surface area contributed by atoms with Gasteiger partial charge in [0.05, 0.1) is 0 Å². The van der Waals surface area contributed by atoms with Crippen molar-refractivity contribution in [3.8, 4) is 0 Å². The summed E-state index contributed by atoms with van der Waals surface area (Å²) in [7, 11) is 1.51. The number of aliphatic carboxylic acids is 1. The van der Waals surface area contributed by atoms with E-state index in [9.17, 15) is 9.59 Å². The zero-order chi connectivity index (χ0) is 14.4. The number of carbonyl (C=O) groups is 2. The van der Waals surface area contributed by atoms with Crippen molar-refractivity contribution in [3.63, 3.8) is 0 Å². The number of halogens is 1. The molecule has 1 unspecified atom stereocenters. The number of carbonyl (C=O) groups excluding carboxylic acids is 1. The molecular weight excluding hydrogens is 316 g/mol. The van der Waals surface area contributed by atoms with Crippen LogP contribution in [0.2, 0.25) is 0 Å². The predicted molar refractivity (Wildman–Crippen MR) is 74.2 cm³/mol. The van der Waals surface area contributed by atoms with Gasteiger partial charge < -0.3 is 20.9 Å². The summed E-state index contributed by atoms with van der Waals surface area (Å²) in [6, 6.07) is 3.91. The Bertz CT molecular complexity index is 479. The van der Waals surface area contributed by atoms with Crippen LogP contribution in [0.3, 0.4) is 0 Å². The number of carboxylic acids is 1. The number of carboxylic acid groups (broad SMARTS) is 1. The van der Waals surface area contributed by atoms with Crippen LogP contribution < -0.4 is 11.1 Å². The van der Waals surface area contributed by atoms with Gasteiger partial charge in [0.2, 0.25) is 5.91 Å². The summed E-state index contributed by atoms with van der Waals surface area (Å²) in [5.41, 5.74) is 6.08. The zero-order valence-electron chi connectivity index (χ0n) is 10.4. The van der Waals surface area contributed by atoms with Gasteiger partial charge in [0, 0.05) is 35.9 Å². The van der Waals surface area contributed by atoms with Gasteiger partial charge in [-0.05, 0) is 34.1 Å². The molecule has 0 aliphatic rings. The molecule has 1 aromatic rings. The van der Waals surface area contributed by atoms with Crippen LogP contribution in [0.1, 0.15) is 16.8 Å². The lowest BCUT2D eigenvalue weighted by Gasteiger charge is -2.16. The maximum absolute atomic E-state index is 11.1. The molecule has 19 heavy (non-hydrogen) atoms. The van der Waals surface area contributed by atoms with Crippen LogP contribution in [0.5, 0.6) is 0 Å². The Balaban J connectivity index is 2.84. The fourth-order valence-electron chi connectivity index (χ4n) is 1.47. The van der Waals surface area contributed by atoms with Crippen LogP contribution in [-0.4, -0.2) is 36.7 Å². The van der Waals surface area contributed by atoms with Crippen molar-refractivity contribution in [2.75, 3.05) is 19.0 Å². The monoisotopic (exact) mass is 330 g/mol. The second-order valence-electron chi connectivity index (χ2n) is 3.88. The van der Waals surface area contributed by atoms with Crippen LogP contribution in [0, 0.1) is 0 Å². The van der Waals surface area contributed by atoms with Crippen molar-refractivity contribution in [3.05, 3.63) is 28.2 Å². The third-order valence-corrected chi connectivity index (χ3v) is 3.15. The largest absolute Gasteiger partial charge is 0.480 e. The number of anilines is 1. The van der Waals surface area contributed by atoms with Gasteiger partial charge >= 0.3 is 5.97 Å². The molecule has 0 saturated carbocycles. The Labute approximate surface area is 119 Å². The van der Waals surface area contributed by atoms with Gasteiger partial charge in [0.25, 0.3) is 0 Å². The molecular formula is C12H15BrN2O4. The molecule has 0 saturated heterocycles. The van der Waals surface area contributed by atoms with Gasteiger partial charge in [0.15, 0.2) is 0 Å². The molecule has 7 heteroatoms. The predicted octanol–water partition coefficient (Wildman–Crippen LogP) is 1.45. The van der Waals surface area contributed by atoms with Crippen molar-refractivity contribution in [2.45, 2.75) is 12.5 Å². The topological polar surface area (TPSA) is 102 Å². The lowest BCUT2D eigenvalue weighted by Crippen LogP contribution is -2.30. The van der Waals surface area contributed by atoms with E-state index in [1.807, 2.05) is 0 Å².